The van der Waals surface area contributed by atoms with Crippen molar-refractivity contribution in [1.82, 2.24) is 5.32 Å². The van der Waals surface area contributed by atoms with Crippen molar-refractivity contribution in [2.24, 2.45) is 0 Å². The average Bonchev–Trinajstić information content (AvgIpc) is 2.45. The molecule has 0 saturated carbocycles. The predicted octanol–water partition coefficient (Wildman–Crippen LogP) is 1.65. The van der Waals surface area contributed by atoms with E-state index < -0.39 is 18.1 Å². The van der Waals surface area contributed by atoms with E-state index in [9.17, 15) is 14.4 Å². The topological polar surface area (TPSA) is 92.7 Å². The van der Waals surface area contributed by atoms with E-state index in [0.717, 1.165) is 5.56 Å². The normalized spacial score (nSPS) is 11.4. The third-order valence-corrected chi connectivity index (χ3v) is 2.57. The summed E-state index contributed by atoms with van der Waals surface area (Å²) in [6, 6.07) is 7.99. The molecule has 1 atom stereocenters. The van der Waals surface area contributed by atoms with Crippen LogP contribution in [0, 0.1) is 0 Å². The lowest BCUT2D eigenvalue weighted by molar-refractivity contribution is -0.139. The molecule has 1 unspecified atom stereocenters. The van der Waals surface area contributed by atoms with Crippen LogP contribution in [0.15, 0.2) is 30.3 Å². The van der Waals surface area contributed by atoms with Crippen LogP contribution in [-0.2, 0) is 20.9 Å². The lowest BCUT2D eigenvalue weighted by Gasteiger charge is -2.13. The Morgan fingerprint density at radius 3 is 2.60 bits per heavy atom. The Hall–Kier alpha value is -2.37. The van der Waals surface area contributed by atoms with Crippen LogP contribution in [0.5, 0.6) is 0 Å². The number of unbranched alkanes of at least 4 members (excludes halogenated alkanes) is 1. The van der Waals surface area contributed by atoms with Gasteiger partial charge in [-0.05, 0) is 18.4 Å². The molecule has 6 nitrogen and oxygen atoms in total. The Labute approximate surface area is 116 Å². The number of hydrogen-bond acceptors (Lipinski definition) is 4. The Balaban J connectivity index is 2.37. The van der Waals surface area contributed by atoms with E-state index in [4.69, 9.17) is 9.84 Å². The fraction of sp³-hybridized carbons (Fsp3) is 0.357. The second kappa shape index (κ2) is 8.68. The van der Waals surface area contributed by atoms with Gasteiger partial charge in [0.1, 0.15) is 12.6 Å². The minimum absolute atomic E-state index is 0.0706. The number of alkyl carbamates (subject to hydrolysis) is 1. The number of aliphatic carboxylic acids is 1. The van der Waals surface area contributed by atoms with Gasteiger partial charge in [0, 0.05) is 6.42 Å². The number of ether oxygens (including phenoxy) is 1. The maximum atomic E-state index is 11.5. The number of carboxylic acid groups (broad SMARTS) is 1. The molecule has 2 N–H and O–H groups in total. The average molecular weight is 278 g/mol. The van der Waals surface area contributed by atoms with Crippen LogP contribution in [0.3, 0.4) is 0 Å². The molecule has 1 rings (SSSR count). The van der Waals surface area contributed by atoms with Gasteiger partial charge in [0.25, 0.3) is 0 Å². The molecule has 1 amide bonds. The van der Waals surface area contributed by atoms with E-state index in [1.165, 1.54) is 0 Å². The van der Waals surface area contributed by atoms with Crippen LogP contribution in [0.2, 0.25) is 0 Å². The highest BCUT2D eigenvalue weighted by atomic mass is 16.5. The summed E-state index contributed by atoms with van der Waals surface area (Å²) in [5.41, 5.74) is 0.810. The molecule has 6 heteroatoms. The van der Waals surface area contributed by atoms with Gasteiger partial charge in [-0.25, -0.2) is 9.59 Å². The van der Waals surface area contributed by atoms with E-state index in [1.54, 1.807) is 18.4 Å². The molecular weight excluding hydrogens is 262 g/mol. The number of hydrogen-bond donors (Lipinski definition) is 2. The minimum atomic E-state index is -1.16. The first kappa shape index (κ1) is 15.7. The lowest BCUT2D eigenvalue weighted by Crippen LogP contribution is -2.41. The zero-order chi connectivity index (χ0) is 14.8. The van der Waals surface area contributed by atoms with Crippen molar-refractivity contribution in [1.29, 1.82) is 0 Å². The van der Waals surface area contributed by atoms with Gasteiger partial charge in [-0.1, -0.05) is 30.3 Å². The summed E-state index contributed by atoms with van der Waals surface area (Å²) in [7, 11) is 0. The maximum absolute atomic E-state index is 11.5. The molecule has 0 aliphatic rings. The summed E-state index contributed by atoms with van der Waals surface area (Å²) in [6.45, 7) is 0.0706. The molecule has 20 heavy (non-hydrogen) atoms. The minimum Gasteiger partial charge on any atom is -0.480 e. The first-order valence-corrected chi connectivity index (χ1v) is 6.18. The molecule has 1 radical (unpaired) electrons. The molecule has 0 heterocycles. The highest BCUT2D eigenvalue weighted by Crippen LogP contribution is 2.03. The Morgan fingerprint density at radius 2 is 2.00 bits per heavy atom. The maximum Gasteiger partial charge on any atom is 0.408 e. The highest BCUT2D eigenvalue weighted by molar-refractivity contribution is 5.79. The summed E-state index contributed by atoms with van der Waals surface area (Å²) in [5.74, 6) is -1.16. The van der Waals surface area contributed by atoms with Crippen LogP contribution in [0.4, 0.5) is 4.79 Å². The van der Waals surface area contributed by atoms with Crippen LogP contribution in [-0.4, -0.2) is 29.5 Å². The van der Waals surface area contributed by atoms with Crippen molar-refractivity contribution in [3.05, 3.63) is 35.9 Å². The molecule has 107 valence electrons. The first-order chi connectivity index (χ1) is 9.63. The second-order valence-corrected chi connectivity index (χ2v) is 4.13. The van der Waals surface area contributed by atoms with Crippen LogP contribution in [0.1, 0.15) is 24.8 Å². The Kier molecular flexibility index (Phi) is 6.81. The quantitative estimate of drug-likeness (QED) is 0.705. The van der Waals surface area contributed by atoms with E-state index >= 15 is 0 Å². The number of rotatable bonds is 8. The summed E-state index contributed by atoms with van der Waals surface area (Å²) >= 11 is 0. The molecule has 0 aliphatic carbocycles. The van der Waals surface area contributed by atoms with Crippen molar-refractivity contribution in [3.8, 4) is 0 Å². The molecule has 0 bridgehead atoms. The van der Waals surface area contributed by atoms with E-state index in [1.807, 2.05) is 18.2 Å². The molecule has 0 fully saturated rings. The van der Waals surface area contributed by atoms with Gasteiger partial charge in [0.15, 0.2) is 6.29 Å². The lowest BCUT2D eigenvalue weighted by atomic mass is 10.1. The zero-order valence-electron chi connectivity index (χ0n) is 10.9. The van der Waals surface area contributed by atoms with Gasteiger partial charge in [0.05, 0.1) is 0 Å². The Bertz CT molecular complexity index is 446. The fourth-order valence-electron chi connectivity index (χ4n) is 1.54. The molecule has 1 aromatic rings. The van der Waals surface area contributed by atoms with Gasteiger partial charge in [-0.2, -0.15) is 0 Å². The zero-order valence-corrected chi connectivity index (χ0v) is 10.9. The Morgan fingerprint density at radius 1 is 1.30 bits per heavy atom. The van der Waals surface area contributed by atoms with Crippen molar-refractivity contribution in [2.75, 3.05) is 0 Å². The highest BCUT2D eigenvalue weighted by Gasteiger charge is 2.20. The standard InChI is InChI=1S/C14H16NO5/c16-9-5-4-8-12(13(17)18)15-14(19)20-10-11-6-2-1-3-7-11/h1-3,6-7,12H,4-5,8,10H2,(H,15,19)(H,17,18). The van der Waals surface area contributed by atoms with Crippen molar-refractivity contribution >= 4 is 18.3 Å². The summed E-state index contributed by atoms with van der Waals surface area (Å²) in [5, 5.41) is 11.2. The molecular formula is C14H16NO5. The number of nitrogens with one attached hydrogen (secondary N) is 1. The third kappa shape index (κ3) is 5.99. The predicted molar refractivity (Wildman–Crippen MR) is 70.7 cm³/mol. The summed E-state index contributed by atoms with van der Waals surface area (Å²) in [6.07, 6.45) is 1.53. The van der Waals surface area contributed by atoms with Crippen molar-refractivity contribution in [3.63, 3.8) is 0 Å². The van der Waals surface area contributed by atoms with Crippen molar-refractivity contribution in [2.45, 2.75) is 31.9 Å². The van der Waals surface area contributed by atoms with Gasteiger partial charge < -0.3 is 15.2 Å². The SMILES string of the molecule is O=[C]CCCC(NC(=O)OCc1ccccc1)C(=O)O. The second-order valence-electron chi connectivity index (χ2n) is 4.13. The van der Waals surface area contributed by atoms with Gasteiger partial charge in [-0.3, -0.25) is 4.79 Å². The largest absolute Gasteiger partial charge is 0.480 e. The van der Waals surface area contributed by atoms with Gasteiger partial charge in [-0.15, -0.1) is 0 Å². The fourth-order valence-corrected chi connectivity index (χ4v) is 1.54. The van der Waals surface area contributed by atoms with Crippen LogP contribution >= 0.6 is 0 Å². The third-order valence-electron chi connectivity index (χ3n) is 2.57. The van der Waals surface area contributed by atoms with E-state index in [-0.39, 0.29) is 19.4 Å². The smallest absolute Gasteiger partial charge is 0.408 e. The molecule has 1 aromatic carbocycles. The van der Waals surface area contributed by atoms with Crippen LogP contribution in [0.25, 0.3) is 0 Å². The monoisotopic (exact) mass is 278 g/mol. The van der Waals surface area contributed by atoms with Crippen LogP contribution < -0.4 is 5.32 Å². The molecule has 0 saturated heterocycles. The first-order valence-electron chi connectivity index (χ1n) is 6.18. The van der Waals surface area contributed by atoms with E-state index in [2.05, 4.69) is 5.32 Å². The van der Waals surface area contributed by atoms with Gasteiger partial charge in [0.2, 0.25) is 0 Å². The summed E-state index contributed by atoms with van der Waals surface area (Å²) < 4.78 is 4.92. The summed E-state index contributed by atoms with van der Waals surface area (Å²) in [4.78, 5) is 32.5. The van der Waals surface area contributed by atoms with Gasteiger partial charge >= 0.3 is 12.1 Å². The van der Waals surface area contributed by atoms with E-state index in [0.29, 0.717) is 6.42 Å². The number of carbonyl (C=O) groups excluding carboxylic acids is 2. The number of carbonyl (C=O) groups is 2. The van der Waals surface area contributed by atoms with Crippen molar-refractivity contribution < 1.29 is 24.2 Å². The number of amides is 1. The number of carboxylic acids is 1. The molecule has 0 aliphatic heterocycles. The number of benzene rings is 1. The molecule has 0 spiro atoms. The molecule has 0 aromatic heterocycles.